The van der Waals surface area contributed by atoms with E-state index in [9.17, 15) is 0 Å². The van der Waals surface area contributed by atoms with Crippen LogP contribution < -0.4 is 14.8 Å². The van der Waals surface area contributed by atoms with Gasteiger partial charge in [0.2, 0.25) is 0 Å². The van der Waals surface area contributed by atoms with Crippen LogP contribution in [0.2, 0.25) is 0 Å². The molecule has 2 fully saturated rings. The summed E-state index contributed by atoms with van der Waals surface area (Å²) in [5.74, 6) is 1.54. The number of ether oxygens (including phenoxy) is 4. The quantitative estimate of drug-likeness (QED) is 0.905. The molecule has 1 aromatic carbocycles. The van der Waals surface area contributed by atoms with Crippen molar-refractivity contribution in [3.05, 3.63) is 23.8 Å². The van der Waals surface area contributed by atoms with Crippen LogP contribution >= 0.6 is 0 Å². The molecule has 20 heavy (non-hydrogen) atoms. The fourth-order valence-electron chi connectivity index (χ4n) is 2.61. The van der Waals surface area contributed by atoms with Crippen LogP contribution in [-0.4, -0.2) is 46.1 Å². The minimum absolute atomic E-state index is 0.0103. The highest BCUT2D eigenvalue weighted by Crippen LogP contribution is 2.37. The van der Waals surface area contributed by atoms with E-state index < -0.39 is 0 Å². The van der Waals surface area contributed by atoms with Gasteiger partial charge in [-0.05, 0) is 6.07 Å². The molecule has 5 nitrogen and oxygen atoms in total. The summed E-state index contributed by atoms with van der Waals surface area (Å²) >= 11 is 0. The van der Waals surface area contributed by atoms with E-state index in [2.05, 4.69) is 5.32 Å². The van der Waals surface area contributed by atoms with E-state index in [0.29, 0.717) is 13.2 Å². The van der Waals surface area contributed by atoms with E-state index in [0.717, 1.165) is 43.2 Å². The topological polar surface area (TPSA) is 49.0 Å². The van der Waals surface area contributed by atoms with E-state index in [-0.39, 0.29) is 12.2 Å². The van der Waals surface area contributed by atoms with Crippen LogP contribution in [0.5, 0.6) is 11.5 Å². The molecule has 5 heteroatoms. The lowest BCUT2D eigenvalue weighted by atomic mass is 10.1. The molecule has 2 saturated heterocycles. The summed E-state index contributed by atoms with van der Waals surface area (Å²) in [6, 6.07) is 5.94. The van der Waals surface area contributed by atoms with Gasteiger partial charge in [-0.15, -0.1) is 0 Å². The smallest absolute Gasteiger partial charge is 0.167 e. The minimum Gasteiger partial charge on any atom is -0.493 e. The fourth-order valence-corrected chi connectivity index (χ4v) is 2.61. The maximum Gasteiger partial charge on any atom is 0.167 e. The number of methoxy groups -OCH3 is 1. The summed E-state index contributed by atoms with van der Waals surface area (Å²) in [5, 5.41) is 3.35. The zero-order chi connectivity index (χ0) is 13.8. The third kappa shape index (κ3) is 2.90. The van der Waals surface area contributed by atoms with Gasteiger partial charge in [-0.2, -0.15) is 0 Å². The van der Waals surface area contributed by atoms with Crippen molar-refractivity contribution in [2.45, 2.75) is 18.6 Å². The molecule has 0 amide bonds. The lowest BCUT2D eigenvalue weighted by Crippen LogP contribution is -2.33. The zero-order valence-electron chi connectivity index (χ0n) is 11.8. The SMILES string of the molecule is COc1cccc(C2CNCCO2)c1OC1CCOC1. The van der Waals surface area contributed by atoms with Gasteiger partial charge in [-0.1, -0.05) is 12.1 Å². The number of hydrogen-bond acceptors (Lipinski definition) is 5. The van der Waals surface area contributed by atoms with Crippen LogP contribution in [0.1, 0.15) is 18.1 Å². The highest BCUT2D eigenvalue weighted by atomic mass is 16.6. The molecule has 2 aliphatic heterocycles. The Morgan fingerprint density at radius 2 is 2.25 bits per heavy atom. The molecule has 0 aromatic heterocycles. The number of morpholine rings is 1. The average Bonchev–Trinajstić information content (AvgIpc) is 3.01. The Bertz CT molecular complexity index is 439. The average molecular weight is 279 g/mol. The second kappa shape index (κ2) is 6.43. The van der Waals surface area contributed by atoms with Crippen LogP contribution in [0.25, 0.3) is 0 Å². The van der Waals surface area contributed by atoms with E-state index in [4.69, 9.17) is 18.9 Å². The minimum atomic E-state index is 0.0103. The highest BCUT2D eigenvalue weighted by Gasteiger charge is 2.25. The molecular weight excluding hydrogens is 258 g/mol. The first-order chi connectivity index (χ1) is 9.88. The molecule has 2 heterocycles. The monoisotopic (exact) mass is 279 g/mol. The van der Waals surface area contributed by atoms with Gasteiger partial charge in [0.1, 0.15) is 6.10 Å². The molecule has 2 unspecified atom stereocenters. The molecule has 2 atom stereocenters. The summed E-state index contributed by atoms with van der Waals surface area (Å²) in [4.78, 5) is 0. The summed E-state index contributed by atoms with van der Waals surface area (Å²) < 4.78 is 22.8. The fraction of sp³-hybridized carbons (Fsp3) is 0.600. The van der Waals surface area contributed by atoms with E-state index in [1.807, 2.05) is 18.2 Å². The van der Waals surface area contributed by atoms with Gasteiger partial charge in [0.25, 0.3) is 0 Å². The van der Waals surface area contributed by atoms with Crippen molar-refractivity contribution in [3.63, 3.8) is 0 Å². The van der Waals surface area contributed by atoms with Crippen LogP contribution in [-0.2, 0) is 9.47 Å². The van der Waals surface area contributed by atoms with Gasteiger partial charge in [-0.25, -0.2) is 0 Å². The Kier molecular flexibility index (Phi) is 4.40. The van der Waals surface area contributed by atoms with Crippen molar-refractivity contribution in [2.75, 3.05) is 40.0 Å². The Labute approximate surface area is 119 Å². The molecule has 0 bridgehead atoms. The van der Waals surface area contributed by atoms with Crippen molar-refractivity contribution in [2.24, 2.45) is 0 Å². The van der Waals surface area contributed by atoms with Gasteiger partial charge in [0, 0.05) is 25.1 Å². The predicted molar refractivity (Wildman–Crippen MR) is 74.4 cm³/mol. The number of rotatable bonds is 4. The maximum atomic E-state index is 6.12. The van der Waals surface area contributed by atoms with Crippen LogP contribution in [0.4, 0.5) is 0 Å². The van der Waals surface area contributed by atoms with Gasteiger partial charge < -0.3 is 24.3 Å². The number of benzene rings is 1. The van der Waals surface area contributed by atoms with Crippen molar-refractivity contribution < 1.29 is 18.9 Å². The molecule has 0 radical (unpaired) electrons. The maximum absolute atomic E-state index is 6.12. The molecule has 1 aromatic rings. The van der Waals surface area contributed by atoms with Gasteiger partial charge >= 0.3 is 0 Å². The van der Waals surface area contributed by atoms with Gasteiger partial charge in [0.15, 0.2) is 11.5 Å². The molecule has 0 aliphatic carbocycles. The highest BCUT2D eigenvalue weighted by molar-refractivity contribution is 5.48. The number of para-hydroxylation sites is 1. The number of hydrogen-bond donors (Lipinski definition) is 1. The van der Waals surface area contributed by atoms with E-state index in [1.54, 1.807) is 7.11 Å². The van der Waals surface area contributed by atoms with Crippen molar-refractivity contribution in [3.8, 4) is 11.5 Å². The summed E-state index contributed by atoms with van der Waals surface area (Å²) in [6.07, 6.45) is 1.03. The molecular formula is C15H21NO4. The number of nitrogens with one attached hydrogen (secondary N) is 1. The van der Waals surface area contributed by atoms with Crippen LogP contribution in [0, 0.1) is 0 Å². The largest absolute Gasteiger partial charge is 0.493 e. The van der Waals surface area contributed by atoms with Crippen molar-refractivity contribution in [1.82, 2.24) is 5.32 Å². The Balaban J connectivity index is 1.86. The normalized spacial score (nSPS) is 26.4. The Morgan fingerprint density at radius 1 is 1.30 bits per heavy atom. The van der Waals surface area contributed by atoms with Crippen molar-refractivity contribution in [1.29, 1.82) is 0 Å². The van der Waals surface area contributed by atoms with Crippen LogP contribution in [0.3, 0.4) is 0 Å². The van der Waals surface area contributed by atoms with Crippen LogP contribution in [0.15, 0.2) is 18.2 Å². The molecule has 1 N–H and O–H groups in total. The molecule has 2 aliphatic rings. The predicted octanol–water partition coefficient (Wildman–Crippen LogP) is 1.52. The molecule has 110 valence electrons. The second-order valence-electron chi connectivity index (χ2n) is 5.05. The first-order valence-electron chi connectivity index (χ1n) is 7.12. The van der Waals surface area contributed by atoms with Crippen molar-refractivity contribution >= 4 is 0 Å². The third-order valence-electron chi connectivity index (χ3n) is 3.68. The molecule has 0 saturated carbocycles. The van der Waals surface area contributed by atoms with Gasteiger partial charge in [0.05, 0.1) is 33.0 Å². The third-order valence-corrected chi connectivity index (χ3v) is 3.68. The second-order valence-corrected chi connectivity index (χ2v) is 5.05. The summed E-state index contributed by atoms with van der Waals surface area (Å²) in [6.45, 7) is 3.81. The zero-order valence-corrected chi connectivity index (χ0v) is 11.8. The lowest BCUT2D eigenvalue weighted by molar-refractivity contribution is 0.0244. The lowest BCUT2D eigenvalue weighted by Gasteiger charge is -2.27. The first-order valence-corrected chi connectivity index (χ1v) is 7.12. The Morgan fingerprint density at radius 3 is 2.95 bits per heavy atom. The molecule has 3 rings (SSSR count). The standard InChI is InChI=1S/C15H21NO4/c1-17-13-4-2-3-12(14-9-16-6-8-19-14)15(13)20-11-5-7-18-10-11/h2-4,11,14,16H,5-10H2,1H3. The Hall–Kier alpha value is -1.30. The van der Waals surface area contributed by atoms with Gasteiger partial charge in [-0.3, -0.25) is 0 Å². The first kappa shape index (κ1) is 13.7. The summed E-state index contributed by atoms with van der Waals surface area (Å²) in [7, 11) is 1.66. The summed E-state index contributed by atoms with van der Waals surface area (Å²) in [5.41, 5.74) is 1.04. The van der Waals surface area contributed by atoms with E-state index in [1.165, 1.54) is 0 Å². The van der Waals surface area contributed by atoms with E-state index >= 15 is 0 Å². The molecule has 0 spiro atoms.